The summed E-state index contributed by atoms with van der Waals surface area (Å²) >= 11 is 0. The van der Waals surface area contributed by atoms with Crippen molar-refractivity contribution in [1.82, 2.24) is 14.5 Å². The summed E-state index contributed by atoms with van der Waals surface area (Å²) in [7, 11) is 0. The fourth-order valence-corrected chi connectivity index (χ4v) is 5.39. The number of phenols is 1. The molecule has 0 spiro atoms. The van der Waals surface area contributed by atoms with Crippen LogP contribution in [0.3, 0.4) is 0 Å². The zero-order valence-corrected chi connectivity index (χ0v) is 26.8. The minimum absolute atomic E-state index is 0. The van der Waals surface area contributed by atoms with Crippen molar-refractivity contribution in [2.75, 3.05) is 0 Å². The number of pyridine rings is 1. The Labute approximate surface area is 256 Å². The zero-order chi connectivity index (χ0) is 28.4. The van der Waals surface area contributed by atoms with Crippen LogP contribution in [-0.4, -0.2) is 19.6 Å². The largest absolute Gasteiger partial charge is 0.507 e. The normalized spacial score (nSPS) is 11.0. The van der Waals surface area contributed by atoms with Gasteiger partial charge in [0, 0.05) is 32.3 Å². The summed E-state index contributed by atoms with van der Waals surface area (Å²) in [6.45, 7) is 12.9. The first-order chi connectivity index (χ1) is 19.2. The van der Waals surface area contributed by atoms with Crippen molar-refractivity contribution in [3.8, 4) is 28.4 Å². The molecule has 1 radical (unpaired) electrons. The molecule has 0 aliphatic carbocycles. The molecule has 0 fully saturated rings. The van der Waals surface area contributed by atoms with Crippen LogP contribution in [0.1, 0.15) is 56.3 Å². The molecule has 0 amide bonds. The van der Waals surface area contributed by atoms with Crippen molar-refractivity contribution >= 4 is 21.8 Å². The van der Waals surface area contributed by atoms with Crippen LogP contribution in [0.2, 0.25) is 0 Å². The minimum Gasteiger partial charge on any atom is -0.507 e. The van der Waals surface area contributed by atoms with Crippen molar-refractivity contribution in [3.05, 3.63) is 114 Å². The molecule has 5 heteroatoms. The molecule has 0 atom stereocenters. The van der Waals surface area contributed by atoms with Crippen molar-refractivity contribution in [3.63, 3.8) is 0 Å². The SMILES string of the molecule is CC(C)n1c(-c2ccccc2O)nc2ccccc21.Cc1[c-]c(-c2nccc3c(C(C)C)cccc23)cc(C)c1.[Ir]. The molecule has 0 saturated carbocycles. The molecule has 41 heavy (non-hydrogen) atoms. The zero-order valence-electron chi connectivity index (χ0n) is 24.4. The molecule has 4 aromatic carbocycles. The first-order valence-electron chi connectivity index (χ1n) is 13.9. The number of fused-ring (bicyclic) bond motifs is 2. The van der Waals surface area contributed by atoms with Gasteiger partial charge in [0.1, 0.15) is 11.6 Å². The van der Waals surface area contributed by atoms with Gasteiger partial charge >= 0.3 is 0 Å². The van der Waals surface area contributed by atoms with Gasteiger partial charge in [0.25, 0.3) is 0 Å². The maximum absolute atomic E-state index is 10.0. The average Bonchev–Trinajstić information content (AvgIpc) is 3.32. The molecule has 0 unspecified atom stereocenters. The monoisotopic (exact) mass is 719 g/mol. The van der Waals surface area contributed by atoms with Crippen LogP contribution in [0.15, 0.2) is 91.1 Å². The summed E-state index contributed by atoms with van der Waals surface area (Å²) in [4.78, 5) is 9.30. The number of aryl methyl sites for hydroxylation is 2. The van der Waals surface area contributed by atoms with Crippen LogP contribution in [0, 0.1) is 19.9 Å². The van der Waals surface area contributed by atoms with E-state index in [1.807, 2.05) is 42.6 Å². The molecular weight excluding hydrogens is 683 g/mol. The second kappa shape index (κ2) is 12.8. The van der Waals surface area contributed by atoms with Crippen molar-refractivity contribution < 1.29 is 25.2 Å². The Morgan fingerprint density at radius 1 is 0.805 bits per heavy atom. The van der Waals surface area contributed by atoms with Gasteiger partial charge < -0.3 is 14.7 Å². The maximum Gasteiger partial charge on any atom is 0.145 e. The molecule has 211 valence electrons. The van der Waals surface area contributed by atoms with Gasteiger partial charge in [-0.1, -0.05) is 70.2 Å². The Balaban J connectivity index is 0.000000185. The number of rotatable bonds is 4. The molecule has 0 bridgehead atoms. The second-order valence-corrected chi connectivity index (χ2v) is 10.9. The Morgan fingerprint density at radius 2 is 1.54 bits per heavy atom. The van der Waals surface area contributed by atoms with E-state index in [1.165, 1.54) is 21.9 Å². The fourth-order valence-electron chi connectivity index (χ4n) is 5.39. The Hall–Kier alpha value is -3.79. The van der Waals surface area contributed by atoms with Gasteiger partial charge in [0.2, 0.25) is 0 Å². The number of aromatic hydroxyl groups is 1. The van der Waals surface area contributed by atoms with Crippen LogP contribution < -0.4 is 0 Å². The van der Waals surface area contributed by atoms with E-state index < -0.39 is 0 Å². The third-order valence-corrected chi connectivity index (χ3v) is 7.12. The molecule has 0 aliphatic rings. The minimum atomic E-state index is 0. The van der Waals surface area contributed by atoms with Crippen molar-refractivity contribution in [2.24, 2.45) is 0 Å². The summed E-state index contributed by atoms with van der Waals surface area (Å²) in [5.41, 5.74) is 8.71. The first-order valence-corrected chi connectivity index (χ1v) is 13.9. The average molecular weight is 719 g/mol. The Bertz CT molecular complexity index is 1780. The molecule has 0 aliphatic heterocycles. The summed E-state index contributed by atoms with van der Waals surface area (Å²) in [6, 6.07) is 32.0. The van der Waals surface area contributed by atoms with E-state index in [-0.39, 0.29) is 31.9 Å². The van der Waals surface area contributed by atoms with Gasteiger partial charge in [0.05, 0.1) is 16.6 Å². The molecule has 4 nitrogen and oxygen atoms in total. The number of benzene rings is 4. The summed E-state index contributed by atoms with van der Waals surface area (Å²) < 4.78 is 2.16. The van der Waals surface area contributed by atoms with E-state index in [0.29, 0.717) is 5.92 Å². The fraction of sp³-hybridized carbons (Fsp3) is 0.222. The number of nitrogens with zero attached hydrogens (tertiary/aromatic N) is 3. The van der Waals surface area contributed by atoms with Crippen LogP contribution in [0.25, 0.3) is 44.5 Å². The third-order valence-electron chi connectivity index (χ3n) is 7.12. The Morgan fingerprint density at radius 3 is 2.24 bits per heavy atom. The topological polar surface area (TPSA) is 50.9 Å². The van der Waals surface area contributed by atoms with Gasteiger partial charge in [-0.15, -0.1) is 34.9 Å². The van der Waals surface area contributed by atoms with Gasteiger partial charge in [-0.2, -0.15) is 0 Å². The predicted molar refractivity (Wildman–Crippen MR) is 167 cm³/mol. The number of imidazole rings is 1. The van der Waals surface area contributed by atoms with E-state index in [0.717, 1.165) is 39.2 Å². The number of aromatic nitrogens is 3. The van der Waals surface area contributed by atoms with E-state index in [2.05, 4.69) is 105 Å². The molecule has 2 heterocycles. The predicted octanol–water partition coefficient (Wildman–Crippen LogP) is 9.43. The molecule has 1 N–H and O–H groups in total. The maximum atomic E-state index is 10.0. The Kier molecular flexibility index (Phi) is 9.42. The molecule has 6 rings (SSSR count). The van der Waals surface area contributed by atoms with Crippen molar-refractivity contribution in [1.29, 1.82) is 0 Å². The van der Waals surface area contributed by atoms with Gasteiger partial charge in [-0.3, -0.25) is 0 Å². The number of phenolic OH excluding ortho intramolecular Hbond substituents is 1. The first kappa shape index (κ1) is 30.2. The summed E-state index contributed by atoms with van der Waals surface area (Å²) in [6.07, 6.45) is 1.91. The van der Waals surface area contributed by atoms with Gasteiger partial charge in [-0.25, -0.2) is 4.98 Å². The third kappa shape index (κ3) is 6.27. The smallest absolute Gasteiger partial charge is 0.145 e. The number of hydrogen-bond donors (Lipinski definition) is 1. The van der Waals surface area contributed by atoms with Crippen LogP contribution in [0.4, 0.5) is 0 Å². The molecule has 0 saturated heterocycles. The quantitative estimate of drug-likeness (QED) is 0.185. The van der Waals surface area contributed by atoms with Crippen LogP contribution in [0.5, 0.6) is 5.75 Å². The summed E-state index contributed by atoms with van der Waals surface area (Å²) in [5, 5.41) is 12.6. The van der Waals surface area contributed by atoms with E-state index >= 15 is 0 Å². The number of hydrogen-bond acceptors (Lipinski definition) is 3. The van der Waals surface area contributed by atoms with E-state index in [4.69, 9.17) is 0 Å². The van der Waals surface area contributed by atoms with Crippen LogP contribution >= 0.6 is 0 Å². The van der Waals surface area contributed by atoms with Crippen molar-refractivity contribution in [2.45, 2.75) is 53.5 Å². The molecular formula is C36H36IrN3O-. The number of para-hydroxylation sites is 3. The standard InChI is InChI=1S/C20H20N.C16H16N2O.Ir/c1-13(2)17-6-5-7-19-18(17)8-9-21-20(19)16-11-14(3)10-15(4)12-16;1-11(2)18-14-9-5-4-8-13(14)17-16(18)12-7-3-6-10-15(12)19;/h5-11,13H,1-4H3;3-11,19H,1-2H3;/q-1;;. The van der Waals surface area contributed by atoms with Crippen LogP contribution in [-0.2, 0) is 20.1 Å². The van der Waals surface area contributed by atoms with Gasteiger partial charge in [0.15, 0.2) is 0 Å². The second-order valence-electron chi connectivity index (χ2n) is 10.9. The molecule has 6 aromatic rings. The summed E-state index contributed by atoms with van der Waals surface area (Å²) in [5.74, 6) is 1.58. The van der Waals surface area contributed by atoms with E-state index in [9.17, 15) is 5.11 Å². The molecule has 2 aromatic heterocycles. The van der Waals surface area contributed by atoms with Gasteiger partial charge in [-0.05, 0) is 72.1 Å². The van der Waals surface area contributed by atoms with E-state index in [1.54, 1.807) is 6.07 Å².